The molecular weight excluding hydrogens is 377 g/mol. The van der Waals surface area contributed by atoms with Gasteiger partial charge in [0.15, 0.2) is 11.6 Å². The van der Waals surface area contributed by atoms with E-state index < -0.39 is 5.82 Å². The van der Waals surface area contributed by atoms with Gasteiger partial charge < -0.3 is 14.0 Å². The van der Waals surface area contributed by atoms with E-state index in [2.05, 4.69) is 15.3 Å². The Morgan fingerprint density at radius 1 is 1.24 bits per heavy atom. The fourth-order valence-electron chi connectivity index (χ4n) is 2.97. The number of carbonyl (C=O) groups excluding carboxylic acids is 1. The van der Waals surface area contributed by atoms with Crippen LogP contribution >= 0.6 is 0 Å². The summed E-state index contributed by atoms with van der Waals surface area (Å²) in [5.41, 5.74) is 1.56. The molecule has 0 fully saturated rings. The number of aryl methyl sites for hydroxylation is 2. The first kappa shape index (κ1) is 20.5. The van der Waals surface area contributed by atoms with E-state index >= 15 is 0 Å². The average Bonchev–Trinajstić information content (AvgIpc) is 3.24. The number of ether oxygens (including phenoxy) is 2. The van der Waals surface area contributed by atoms with Crippen molar-refractivity contribution >= 4 is 5.97 Å². The van der Waals surface area contributed by atoms with Crippen LogP contribution in [0.1, 0.15) is 31.5 Å². The molecule has 154 valence electrons. The van der Waals surface area contributed by atoms with Crippen LogP contribution in [0.2, 0.25) is 0 Å². The summed E-state index contributed by atoms with van der Waals surface area (Å²) in [6, 6.07) is 7.69. The van der Waals surface area contributed by atoms with Crippen LogP contribution in [0.25, 0.3) is 11.5 Å². The monoisotopic (exact) mass is 401 g/mol. The summed E-state index contributed by atoms with van der Waals surface area (Å²) < 4.78 is 28.5. The summed E-state index contributed by atoms with van der Waals surface area (Å²) >= 11 is 0. The highest BCUT2D eigenvalue weighted by Crippen LogP contribution is 2.24. The Kier molecular flexibility index (Phi) is 6.58. The maximum Gasteiger partial charge on any atom is 0.302 e. The van der Waals surface area contributed by atoms with Gasteiger partial charge in [-0.1, -0.05) is 12.1 Å². The van der Waals surface area contributed by atoms with E-state index in [1.807, 2.05) is 31.2 Å². The number of benzene rings is 1. The normalized spacial score (nSPS) is 10.9. The molecule has 29 heavy (non-hydrogen) atoms. The van der Waals surface area contributed by atoms with Gasteiger partial charge in [-0.25, -0.2) is 4.39 Å². The number of halogens is 1. The first-order valence-electron chi connectivity index (χ1n) is 9.45. The Morgan fingerprint density at radius 2 is 2.00 bits per heavy atom. The van der Waals surface area contributed by atoms with Crippen molar-refractivity contribution < 1.29 is 18.7 Å². The molecule has 2 heterocycles. The molecule has 0 N–H and O–H groups in total. The number of hydrogen-bond acceptors (Lipinski definition) is 6. The molecule has 9 heteroatoms. The largest absolute Gasteiger partial charge is 0.494 e. The third-order valence-electron chi connectivity index (χ3n) is 4.29. The fourth-order valence-corrected chi connectivity index (χ4v) is 2.97. The molecule has 3 aromatic rings. The molecule has 0 spiro atoms. The Bertz CT molecular complexity index is 965. The number of rotatable bonds is 9. The first-order valence-corrected chi connectivity index (χ1v) is 9.45. The van der Waals surface area contributed by atoms with Crippen LogP contribution < -0.4 is 4.74 Å². The quantitative estimate of drug-likeness (QED) is 0.405. The van der Waals surface area contributed by atoms with Crippen LogP contribution in [0.4, 0.5) is 4.39 Å². The van der Waals surface area contributed by atoms with Gasteiger partial charge >= 0.3 is 5.97 Å². The van der Waals surface area contributed by atoms with Crippen molar-refractivity contribution in [1.29, 1.82) is 0 Å². The second-order valence-corrected chi connectivity index (χ2v) is 6.52. The van der Waals surface area contributed by atoms with E-state index in [0.29, 0.717) is 31.9 Å². The molecule has 0 amide bonds. The smallest absolute Gasteiger partial charge is 0.302 e. The molecular formula is C20H24FN5O3. The van der Waals surface area contributed by atoms with E-state index in [4.69, 9.17) is 9.47 Å². The minimum absolute atomic E-state index is 0.244. The summed E-state index contributed by atoms with van der Waals surface area (Å²) in [4.78, 5) is 10.9. The van der Waals surface area contributed by atoms with Crippen LogP contribution in [0, 0.1) is 12.7 Å². The van der Waals surface area contributed by atoms with E-state index in [1.54, 1.807) is 22.5 Å². The van der Waals surface area contributed by atoms with Gasteiger partial charge in [0.2, 0.25) is 0 Å². The van der Waals surface area contributed by atoms with E-state index in [9.17, 15) is 9.18 Å². The van der Waals surface area contributed by atoms with E-state index in [1.165, 1.54) is 6.92 Å². The maximum absolute atomic E-state index is 14.8. The zero-order valence-corrected chi connectivity index (χ0v) is 16.8. The zero-order chi connectivity index (χ0) is 20.8. The van der Waals surface area contributed by atoms with Gasteiger partial charge in [-0.15, -0.1) is 10.2 Å². The van der Waals surface area contributed by atoms with Gasteiger partial charge in [0.05, 0.1) is 25.5 Å². The summed E-state index contributed by atoms with van der Waals surface area (Å²) in [6.07, 6.45) is 2.08. The minimum Gasteiger partial charge on any atom is -0.494 e. The van der Waals surface area contributed by atoms with Crippen molar-refractivity contribution in [3.8, 4) is 17.3 Å². The number of carbonyl (C=O) groups is 1. The molecule has 2 aromatic heterocycles. The van der Waals surface area contributed by atoms with Crippen LogP contribution in [-0.4, -0.2) is 43.7 Å². The van der Waals surface area contributed by atoms with Crippen LogP contribution in [0.15, 0.2) is 30.6 Å². The lowest BCUT2D eigenvalue weighted by molar-refractivity contribution is -0.141. The molecule has 0 bridgehead atoms. The van der Waals surface area contributed by atoms with Crippen molar-refractivity contribution in [1.82, 2.24) is 24.5 Å². The molecule has 0 unspecified atom stereocenters. The lowest BCUT2D eigenvalue weighted by Crippen LogP contribution is -2.10. The Labute approximate surface area is 168 Å². The highest BCUT2D eigenvalue weighted by atomic mass is 19.1. The molecule has 1 aromatic carbocycles. The third-order valence-corrected chi connectivity index (χ3v) is 4.29. The van der Waals surface area contributed by atoms with Crippen molar-refractivity contribution in [2.45, 2.75) is 40.3 Å². The third kappa shape index (κ3) is 4.98. The fraction of sp³-hybridized carbons (Fsp3) is 0.400. The van der Waals surface area contributed by atoms with Gasteiger partial charge in [-0.3, -0.25) is 9.48 Å². The predicted octanol–water partition coefficient (Wildman–Crippen LogP) is 2.99. The van der Waals surface area contributed by atoms with Gasteiger partial charge in [-0.2, -0.15) is 5.10 Å². The van der Waals surface area contributed by atoms with Crippen LogP contribution in [0.5, 0.6) is 5.75 Å². The summed E-state index contributed by atoms with van der Waals surface area (Å²) in [5, 5.41) is 12.4. The molecule has 0 saturated carbocycles. The summed E-state index contributed by atoms with van der Waals surface area (Å²) in [6.45, 7) is 6.61. The van der Waals surface area contributed by atoms with E-state index in [-0.39, 0.29) is 24.0 Å². The van der Waals surface area contributed by atoms with Crippen LogP contribution in [0.3, 0.4) is 0 Å². The van der Waals surface area contributed by atoms with Crippen molar-refractivity contribution in [2.24, 2.45) is 0 Å². The van der Waals surface area contributed by atoms with Crippen molar-refractivity contribution in [2.75, 3.05) is 13.2 Å². The second-order valence-electron chi connectivity index (χ2n) is 6.52. The number of esters is 1. The lowest BCUT2D eigenvalue weighted by Gasteiger charge is -2.10. The second kappa shape index (κ2) is 9.31. The van der Waals surface area contributed by atoms with Crippen molar-refractivity contribution in [3.05, 3.63) is 47.7 Å². The molecule has 0 atom stereocenters. The van der Waals surface area contributed by atoms with Gasteiger partial charge in [0.1, 0.15) is 17.8 Å². The number of aromatic nitrogens is 5. The standard InChI is InChI=1S/C20H24FN5O3/c1-4-28-17-8-6-16(7-9-17)12-25-13-22-23-20(25)19-18(21)14(2)24-26(19)10-5-11-29-15(3)27/h6-9,13H,4-5,10-12H2,1-3H3. The SMILES string of the molecule is CCOc1ccc(Cn2cnnc2-c2c(F)c(C)nn2CCCOC(C)=O)cc1. The molecule has 0 aliphatic rings. The summed E-state index contributed by atoms with van der Waals surface area (Å²) in [7, 11) is 0. The van der Waals surface area contributed by atoms with Gasteiger partial charge in [0, 0.05) is 19.9 Å². The Balaban J connectivity index is 1.81. The van der Waals surface area contributed by atoms with E-state index in [0.717, 1.165) is 11.3 Å². The van der Waals surface area contributed by atoms with Gasteiger partial charge in [-0.05, 0) is 31.5 Å². The predicted molar refractivity (Wildman–Crippen MR) is 104 cm³/mol. The highest BCUT2D eigenvalue weighted by molar-refractivity contribution is 5.65. The topological polar surface area (TPSA) is 84.1 Å². The van der Waals surface area contributed by atoms with Gasteiger partial charge in [0.25, 0.3) is 0 Å². The number of hydrogen-bond donors (Lipinski definition) is 0. The Hall–Kier alpha value is -3.23. The molecule has 0 aliphatic heterocycles. The molecule has 0 aliphatic carbocycles. The average molecular weight is 401 g/mol. The summed E-state index contributed by atoms with van der Waals surface area (Å²) in [5.74, 6) is 0.416. The first-order chi connectivity index (χ1) is 14.0. The molecule has 0 radical (unpaired) electrons. The Morgan fingerprint density at radius 3 is 2.69 bits per heavy atom. The molecule has 3 rings (SSSR count). The molecule has 0 saturated heterocycles. The van der Waals surface area contributed by atoms with Crippen molar-refractivity contribution in [3.63, 3.8) is 0 Å². The highest BCUT2D eigenvalue weighted by Gasteiger charge is 2.22. The number of nitrogens with zero attached hydrogens (tertiary/aromatic N) is 5. The minimum atomic E-state index is -0.432. The van der Waals surface area contributed by atoms with Crippen LogP contribution in [-0.2, 0) is 22.6 Å². The zero-order valence-electron chi connectivity index (χ0n) is 16.8. The maximum atomic E-state index is 14.8. The lowest BCUT2D eigenvalue weighted by atomic mass is 10.2. The molecule has 8 nitrogen and oxygen atoms in total.